The van der Waals surface area contributed by atoms with Crippen molar-refractivity contribution in [1.82, 2.24) is 15.1 Å². The molecular weight excluding hydrogens is 256 g/mol. The molecular formula is C14H24N4O2. The Labute approximate surface area is 119 Å². The van der Waals surface area contributed by atoms with Crippen molar-refractivity contribution in [2.75, 3.05) is 18.9 Å². The predicted molar refractivity (Wildman–Crippen MR) is 77.4 cm³/mol. The van der Waals surface area contributed by atoms with Gasteiger partial charge in [-0.2, -0.15) is 5.10 Å². The summed E-state index contributed by atoms with van der Waals surface area (Å²) in [5.74, 6) is -0.165. The number of anilines is 1. The van der Waals surface area contributed by atoms with Gasteiger partial charge in [-0.05, 0) is 19.3 Å². The number of carbonyl (C=O) groups excluding carboxylic acids is 1. The summed E-state index contributed by atoms with van der Waals surface area (Å²) in [6, 6.07) is 0.209. The fourth-order valence-corrected chi connectivity index (χ4v) is 2.90. The van der Waals surface area contributed by atoms with Crippen molar-refractivity contribution in [2.24, 2.45) is 0 Å². The molecule has 0 unspecified atom stereocenters. The lowest BCUT2D eigenvalue weighted by atomic mass is 10.1. The van der Waals surface area contributed by atoms with Crippen molar-refractivity contribution >= 4 is 11.6 Å². The molecule has 0 bridgehead atoms. The molecule has 0 radical (unpaired) electrons. The van der Waals surface area contributed by atoms with Crippen LogP contribution in [0.3, 0.4) is 0 Å². The Balaban J connectivity index is 2.18. The van der Waals surface area contributed by atoms with Gasteiger partial charge < -0.3 is 15.7 Å². The molecule has 1 aliphatic rings. The van der Waals surface area contributed by atoms with E-state index in [1.54, 1.807) is 4.90 Å². The Kier molecular flexibility index (Phi) is 5.00. The summed E-state index contributed by atoms with van der Waals surface area (Å²) in [7, 11) is 0. The van der Waals surface area contributed by atoms with Gasteiger partial charge >= 0.3 is 0 Å². The summed E-state index contributed by atoms with van der Waals surface area (Å²) in [5, 5.41) is 16.1. The number of hydrogen-bond donors (Lipinski definition) is 3. The predicted octanol–water partition coefficient (Wildman–Crippen LogP) is 1.32. The van der Waals surface area contributed by atoms with Crippen LogP contribution in [0.5, 0.6) is 0 Å². The monoisotopic (exact) mass is 280 g/mol. The second kappa shape index (κ2) is 6.74. The van der Waals surface area contributed by atoms with Crippen molar-refractivity contribution in [2.45, 2.75) is 51.5 Å². The van der Waals surface area contributed by atoms with Crippen molar-refractivity contribution in [3.8, 4) is 0 Å². The number of nitrogens with zero attached hydrogens (tertiary/aromatic N) is 2. The van der Waals surface area contributed by atoms with Crippen LogP contribution in [0.2, 0.25) is 0 Å². The van der Waals surface area contributed by atoms with E-state index in [0.717, 1.165) is 44.2 Å². The molecule has 1 aromatic heterocycles. The smallest absolute Gasteiger partial charge is 0.276 e. The molecule has 1 heterocycles. The molecule has 1 fully saturated rings. The number of aryl methyl sites for hydroxylation is 1. The molecule has 1 amide bonds. The minimum atomic E-state index is -0.165. The number of aromatic amines is 1. The highest BCUT2D eigenvalue weighted by atomic mass is 16.3. The fraction of sp³-hybridized carbons (Fsp3) is 0.714. The van der Waals surface area contributed by atoms with Crippen molar-refractivity contribution < 1.29 is 9.90 Å². The third-order valence-electron chi connectivity index (χ3n) is 3.95. The van der Waals surface area contributed by atoms with Crippen LogP contribution < -0.4 is 5.73 Å². The zero-order valence-electron chi connectivity index (χ0n) is 12.1. The maximum atomic E-state index is 12.6. The van der Waals surface area contributed by atoms with Crippen LogP contribution >= 0.6 is 0 Å². The van der Waals surface area contributed by atoms with E-state index in [1.807, 2.05) is 0 Å². The van der Waals surface area contributed by atoms with E-state index in [4.69, 9.17) is 5.73 Å². The van der Waals surface area contributed by atoms with E-state index in [9.17, 15) is 9.90 Å². The number of rotatable bonds is 6. The number of H-pyrrole nitrogens is 1. The minimum Gasteiger partial charge on any atom is -0.395 e. The van der Waals surface area contributed by atoms with Crippen LogP contribution in [0.25, 0.3) is 0 Å². The third kappa shape index (κ3) is 2.95. The van der Waals surface area contributed by atoms with Gasteiger partial charge in [0.15, 0.2) is 5.69 Å². The zero-order chi connectivity index (χ0) is 14.5. The molecule has 0 spiro atoms. The molecule has 20 heavy (non-hydrogen) atoms. The van der Waals surface area contributed by atoms with Gasteiger partial charge in [0, 0.05) is 12.6 Å². The average Bonchev–Trinajstić information content (AvgIpc) is 3.07. The second-order valence-electron chi connectivity index (χ2n) is 5.37. The Morgan fingerprint density at radius 2 is 2.20 bits per heavy atom. The zero-order valence-corrected chi connectivity index (χ0v) is 12.1. The van der Waals surface area contributed by atoms with Gasteiger partial charge in [-0.15, -0.1) is 0 Å². The van der Waals surface area contributed by atoms with Gasteiger partial charge in [0.05, 0.1) is 18.0 Å². The topological polar surface area (TPSA) is 95.2 Å². The molecule has 0 saturated heterocycles. The van der Waals surface area contributed by atoms with E-state index in [-0.39, 0.29) is 18.6 Å². The molecule has 1 aromatic rings. The van der Waals surface area contributed by atoms with Crippen LogP contribution in [0.15, 0.2) is 0 Å². The van der Waals surface area contributed by atoms with Crippen LogP contribution in [0, 0.1) is 0 Å². The standard InChI is InChI=1S/C14H24N4O2/c1-2-5-11-12(15)13(17-16-11)14(20)18(8-9-19)10-6-3-4-7-10/h10,19H,2-9,15H2,1H3,(H,16,17). The van der Waals surface area contributed by atoms with Gasteiger partial charge in [0.2, 0.25) is 0 Å². The van der Waals surface area contributed by atoms with Crippen LogP contribution in [-0.2, 0) is 6.42 Å². The molecule has 0 aromatic carbocycles. The van der Waals surface area contributed by atoms with Gasteiger partial charge in [-0.25, -0.2) is 0 Å². The summed E-state index contributed by atoms with van der Waals surface area (Å²) in [5.41, 5.74) is 7.60. The van der Waals surface area contributed by atoms with E-state index >= 15 is 0 Å². The van der Waals surface area contributed by atoms with Crippen molar-refractivity contribution in [3.05, 3.63) is 11.4 Å². The van der Waals surface area contributed by atoms with Gasteiger partial charge in [0.25, 0.3) is 5.91 Å². The number of amides is 1. The number of nitrogens with one attached hydrogen (secondary N) is 1. The highest BCUT2D eigenvalue weighted by Gasteiger charge is 2.29. The number of aliphatic hydroxyl groups is 1. The van der Waals surface area contributed by atoms with E-state index in [2.05, 4.69) is 17.1 Å². The number of carbonyl (C=O) groups is 1. The first-order valence-corrected chi connectivity index (χ1v) is 7.43. The summed E-state index contributed by atoms with van der Waals surface area (Å²) in [4.78, 5) is 14.3. The largest absolute Gasteiger partial charge is 0.395 e. The molecule has 6 nitrogen and oxygen atoms in total. The highest BCUT2D eigenvalue weighted by molar-refractivity contribution is 5.97. The Morgan fingerprint density at radius 3 is 2.80 bits per heavy atom. The van der Waals surface area contributed by atoms with Crippen molar-refractivity contribution in [1.29, 1.82) is 0 Å². The lowest BCUT2D eigenvalue weighted by molar-refractivity contribution is 0.0633. The number of nitrogen functional groups attached to an aromatic ring is 1. The van der Waals surface area contributed by atoms with Crippen LogP contribution in [0.1, 0.15) is 55.2 Å². The molecule has 0 aliphatic heterocycles. The van der Waals surface area contributed by atoms with Gasteiger partial charge in [-0.1, -0.05) is 26.2 Å². The molecule has 6 heteroatoms. The fourth-order valence-electron chi connectivity index (χ4n) is 2.90. The van der Waals surface area contributed by atoms with E-state index < -0.39 is 0 Å². The Hall–Kier alpha value is -1.56. The van der Waals surface area contributed by atoms with Gasteiger partial charge in [-0.3, -0.25) is 9.89 Å². The SMILES string of the molecule is CCCc1[nH]nc(C(=O)N(CCO)C2CCCC2)c1N. The van der Waals surface area contributed by atoms with E-state index in [1.165, 1.54) is 0 Å². The third-order valence-corrected chi connectivity index (χ3v) is 3.95. The number of aliphatic hydroxyl groups excluding tert-OH is 1. The summed E-state index contributed by atoms with van der Waals surface area (Å²) in [6.45, 7) is 2.37. The highest BCUT2D eigenvalue weighted by Crippen LogP contribution is 2.26. The Morgan fingerprint density at radius 1 is 1.50 bits per heavy atom. The lowest BCUT2D eigenvalue weighted by Crippen LogP contribution is -2.41. The Bertz CT molecular complexity index is 452. The molecule has 1 saturated carbocycles. The number of aromatic nitrogens is 2. The average molecular weight is 280 g/mol. The number of hydrogen-bond acceptors (Lipinski definition) is 4. The normalized spacial score (nSPS) is 15.7. The first-order valence-electron chi connectivity index (χ1n) is 7.43. The van der Waals surface area contributed by atoms with Crippen molar-refractivity contribution in [3.63, 3.8) is 0 Å². The molecule has 4 N–H and O–H groups in total. The first-order chi connectivity index (χ1) is 9.69. The number of nitrogens with two attached hydrogens (primary N) is 1. The minimum absolute atomic E-state index is 0.0333. The van der Waals surface area contributed by atoms with Crippen LogP contribution in [0.4, 0.5) is 5.69 Å². The quantitative estimate of drug-likeness (QED) is 0.732. The van der Waals surface area contributed by atoms with Crippen LogP contribution in [-0.4, -0.2) is 45.3 Å². The maximum absolute atomic E-state index is 12.6. The van der Waals surface area contributed by atoms with E-state index in [0.29, 0.717) is 17.9 Å². The lowest BCUT2D eigenvalue weighted by Gasteiger charge is -2.27. The maximum Gasteiger partial charge on any atom is 0.276 e. The molecule has 112 valence electrons. The molecule has 1 aliphatic carbocycles. The summed E-state index contributed by atoms with van der Waals surface area (Å²) < 4.78 is 0. The van der Waals surface area contributed by atoms with Gasteiger partial charge in [0.1, 0.15) is 0 Å². The summed E-state index contributed by atoms with van der Waals surface area (Å²) >= 11 is 0. The molecule has 0 atom stereocenters. The first kappa shape index (κ1) is 14.8. The second-order valence-corrected chi connectivity index (χ2v) is 5.37. The molecule has 2 rings (SSSR count). The summed E-state index contributed by atoms with van der Waals surface area (Å²) in [6.07, 6.45) is 6.00.